The maximum absolute atomic E-state index is 12.9. The fourth-order valence-corrected chi connectivity index (χ4v) is 3.83. The predicted octanol–water partition coefficient (Wildman–Crippen LogP) is 3.54. The van der Waals surface area contributed by atoms with Gasteiger partial charge in [-0.3, -0.25) is 19.5 Å². The van der Waals surface area contributed by atoms with E-state index in [0.29, 0.717) is 29.0 Å². The number of nitrogens with zero attached hydrogens (tertiary/aromatic N) is 3. The third-order valence-electron chi connectivity index (χ3n) is 4.20. The van der Waals surface area contributed by atoms with Crippen molar-refractivity contribution in [1.29, 1.82) is 0 Å². The molecule has 0 saturated carbocycles. The molecule has 140 valence electrons. The molecule has 1 N–H and O–H groups in total. The molecule has 0 saturated heterocycles. The maximum Gasteiger partial charge on any atom is 0.269 e. The topological polar surface area (TPSA) is 98.3 Å². The Labute approximate surface area is 159 Å². The first-order valence-electron chi connectivity index (χ1n) is 8.52. The summed E-state index contributed by atoms with van der Waals surface area (Å²) in [5, 5.41) is 21.1. The number of hydrogen-bond acceptors (Lipinski definition) is 6. The Balaban J connectivity index is 2.01. The number of benzene rings is 2. The Bertz CT molecular complexity index is 1030. The van der Waals surface area contributed by atoms with Crippen LogP contribution in [0.15, 0.2) is 58.5 Å². The van der Waals surface area contributed by atoms with Crippen molar-refractivity contribution in [2.45, 2.75) is 30.3 Å². The molecular formula is C19H19N3O4S. The Morgan fingerprint density at radius 3 is 2.78 bits per heavy atom. The first kappa shape index (κ1) is 19.1. The summed E-state index contributed by atoms with van der Waals surface area (Å²) in [5.74, 6) is 0. The lowest BCUT2D eigenvalue weighted by molar-refractivity contribution is -0.384. The SMILES string of the molecule is CC(Sc1nc2ccccc2c(=O)n1CCCO)c1cccc([N+](=O)[O-])c1. The van der Waals surface area contributed by atoms with Gasteiger partial charge in [0.25, 0.3) is 11.2 Å². The Kier molecular flexibility index (Phi) is 5.88. The lowest BCUT2D eigenvalue weighted by atomic mass is 10.1. The summed E-state index contributed by atoms with van der Waals surface area (Å²) in [6, 6.07) is 13.6. The molecule has 0 aliphatic carbocycles. The maximum atomic E-state index is 12.9. The van der Waals surface area contributed by atoms with Crippen molar-refractivity contribution in [3.05, 3.63) is 74.6 Å². The van der Waals surface area contributed by atoms with E-state index in [1.165, 1.54) is 23.9 Å². The van der Waals surface area contributed by atoms with E-state index in [0.717, 1.165) is 5.56 Å². The third-order valence-corrected chi connectivity index (χ3v) is 5.35. The summed E-state index contributed by atoms with van der Waals surface area (Å²) in [6.07, 6.45) is 0.443. The molecule has 27 heavy (non-hydrogen) atoms. The van der Waals surface area contributed by atoms with Crippen LogP contribution in [0.1, 0.15) is 24.2 Å². The number of fused-ring (bicyclic) bond motifs is 1. The molecule has 1 atom stereocenters. The van der Waals surface area contributed by atoms with E-state index in [9.17, 15) is 14.9 Å². The number of nitro benzene ring substituents is 1. The van der Waals surface area contributed by atoms with Gasteiger partial charge in [-0.2, -0.15) is 0 Å². The molecule has 0 bridgehead atoms. The second-order valence-electron chi connectivity index (χ2n) is 6.06. The summed E-state index contributed by atoms with van der Waals surface area (Å²) < 4.78 is 1.57. The van der Waals surface area contributed by atoms with Crippen molar-refractivity contribution in [2.75, 3.05) is 6.61 Å². The molecular weight excluding hydrogens is 366 g/mol. The number of hydrogen-bond donors (Lipinski definition) is 1. The smallest absolute Gasteiger partial charge is 0.269 e. The zero-order valence-corrected chi connectivity index (χ0v) is 15.6. The fraction of sp³-hybridized carbons (Fsp3) is 0.263. The van der Waals surface area contributed by atoms with Gasteiger partial charge in [-0.15, -0.1) is 0 Å². The number of non-ortho nitro benzene ring substituents is 1. The molecule has 0 spiro atoms. The number of nitro groups is 1. The van der Waals surface area contributed by atoms with E-state index >= 15 is 0 Å². The third kappa shape index (κ3) is 4.17. The molecule has 1 heterocycles. The van der Waals surface area contributed by atoms with Crippen molar-refractivity contribution < 1.29 is 10.0 Å². The molecule has 3 aromatic rings. The van der Waals surface area contributed by atoms with Crippen molar-refractivity contribution in [3.63, 3.8) is 0 Å². The van der Waals surface area contributed by atoms with Gasteiger partial charge in [-0.05, 0) is 31.0 Å². The summed E-state index contributed by atoms with van der Waals surface area (Å²) >= 11 is 1.37. The fourth-order valence-electron chi connectivity index (χ4n) is 2.78. The summed E-state index contributed by atoms with van der Waals surface area (Å²) in [6.45, 7) is 2.25. The number of aliphatic hydroxyl groups excluding tert-OH is 1. The monoisotopic (exact) mass is 385 g/mol. The van der Waals surface area contributed by atoms with Crippen LogP contribution in [0.25, 0.3) is 10.9 Å². The van der Waals surface area contributed by atoms with Crippen LogP contribution < -0.4 is 5.56 Å². The van der Waals surface area contributed by atoms with Gasteiger partial charge in [0.15, 0.2) is 5.16 Å². The Morgan fingerprint density at radius 2 is 2.04 bits per heavy atom. The van der Waals surface area contributed by atoms with Gasteiger partial charge in [-0.1, -0.05) is 36.0 Å². The molecule has 0 fully saturated rings. The van der Waals surface area contributed by atoms with Crippen LogP contribution in [0.5, 0.6) is 0 Å². The number of thioether (sulfide) groups is 1. The number of aliphatic hydroxyl groups is 1. The van der Waals surface area contributed by atoms with E-state index in [1.54, 1.807) is 28.8 Å². The average molecular weight is 385 g/mol. The quantitative estimate of drug-likeness (QED) is 0.289. The minimum absolute atomic E-state index is 0.0240. The molecule has 0 radical (unpaired) electrons. The molecule has 1 unspecified atom stereocenters. The standard InChI is InChI=1S/C19H19N3O4S/c1-13(14-6-4-7-15(12-14)22(25)26)27-19-20-17-9-3-2-8-16(17)18(24)21(19)10-5-11-23/h2-4,6-9,12-13,23H,5,10-11H2,1H3. The second-order valence-corrected chi connectivity index (χ2v) is 7.37. The van der Waals surface area contributed by atoms with Gasteiger partial charge >= 0.3 is 0 Å². The van der Waals surface area contributed by atoms with Crippen LogP contribution in [0.4, 0.5) is 5.69 Å². The first-order valence-corrected chi connectivity index (χ1v) is 9.40. The normalized spacial score (nSPS) is 12.2. The average Bonchev–Trinajstić information content (AvgIpc) is 2.68. The lowest BCUT2D eigenvalue weighted by Gasteiger charge is -2.16. The molecule has 0 aliphatic heterocycles. The largest absolute Gasteiger partial charge is 0.396 e. The number of para-hydroxylation sites is 1. The van der Waals surface area contributed by atoms with Crippen LogP contribution in [0, 0.1) is 10.1 Å². The molecule has 3 rings (SSSR count). The zero-order valence-electron chi connectivity index (χ0n) is 14.7. The highest BCUT2D eigenvalue weighted by molar-refractivity contribution is 7.99. The Hall–Kier alpha value is -2.71. The van der Waals surface area contributed by atoms with Crippen LogP contribution in [0.2, 0.25) is 0 Å². The summed E-state index contributed by atoms with van der Waals surface area (Å²) in [5.41, 5.74) is 1.27. The van der Waals surface area contributed by atoms with Gasteiger partial charge in [0, 0.05) is 30.5 Å². The van der Waals surface area contributed by atoms with Crippen molar-refractivity contribution in [2.24, 2.45) is 0 Å². The highest BCUT2D eigenvalue weighted by atomic mass is 32.2. The van der Waals surface area contributed by atoms with Gasteiger partial charge in [0.1, 0.15) is 0 Å². The Morgan fingerprint density at radius 1 is 1.26 bits per heavy atom. The van der Waals surface area contributed by atoms with E-state index in [-0.39, 0.29) is 23.1 Å². The minimum Gasteiger partial charge on any atom is -0.396 e. The highest BCUT2D eigenvalue weighted by Gasteiger charge is 2.17. The van der Waals surface area contributed by atoms with Gasteiger partial charge in [0.2, 0.25) is 0 Å². The first-order chi connectivity index (χ1) is 13.0. The zero-order chi connectivity index (χ0) is 19.4. The minimum atomic E-state index is -0.424. The predicted molar refractivity (Wildman–Crippen MR) is 105 cm³/mol. The van der Waals surface area contributed by atoms with Crippen LogP contribution >= 0.6 is 11.8 Å². The summed E-state index contributed by atoms with van der Waals surface area (Å²) in [4.78, 5) is 28.1. The molecule has 0 aliphatic rings. The van der Waals surface area contributed by atoms with Crippen molar-refractivity contribution in [1.82, 2.24) is 9.55 Å². The molecule has 2 aromatic carbocycles. The van der Waals surface area contributed by atoms with Crippen LogP contribution in [-0.4, -0.2) is 26.2 Å². The van der Waals surface area contributed by atoms with Gasteiger partial charge < -0.3 is 5.11 Å². The molecule has 8 heteroatoms. The highest BCUT2D eigenvalue weighted by Crippen LogP contribution is 2.35. The van der Waals surface area contributed by atoms with E-state index < -0.39 is 4.92 Å². The van der Waals surface area contributed by atoms with E-state index in [2.05, 4.69) is 4.98 Å². The lowest BCUT2D eigenvalue weighted by Crippen LogP contribution is -2.24. The van der Waals surface area contributed by atoms with E-state index in [4.69, 9.17) is 5.11 Å². The number of aromatic nitrogens is 2. The molecule has 1 aromatic heterocycles. The van der Waals surface area contributed by atoms with Crippen LogP contribution in [0.3, 0.4) is 0 Å². The molecule has 0 amide bonds. The van der Waals surface area contributed by atoms with Gasteiger partial charge in [0.05, 0.1) is 15.8 Å². The van der Waals surface area contributed by atoms with Crippen molar-refractivity contribution >= 4 is 28.4 Å². The number of rotatable bonds is 7. The van der Waals surface area contributed by atoms with E-state index in [1.807, 2.05) is 19.1 Å². The summed E-state index contributed by atoms with van der Waals surface area (Å²) in [7, 11) is 0. The van der Waals surface area contributed by atoms with Gasteiger partial charge in [-0.25, -0.2) is 4.98 Å². The van der Waals surface area contributed by atoms with Crippen molar-refractivity contribution in [3.8, 4) is 0 Å². The second kappa shape index (κ2) is 8.32. The molecule has 7 nitrogen and oxygen atoms in total. The van der Waals surface area contributed by atoms with Crippen LogP contribution in [-0.2, 0) is 6.54 Å².